The lowest BCUT2D eigenvalue weighted by Crippen LogP contribution is -2.35. The van der Waals surface area contributed by atoms with E-state index in [0.717, 1.165) is 22.1 Å². The van der Waals surface area contributed by atoms with Crippen LogP contribution in [0.1, 0.15) is 21.5 Å². The van der Waals surface area contributed by atoms with Gasteiger partial charge in [-0.2, -0.15) is 0 Å². The zero-order valence-electron chi connectivity index (χ0n) is 13.3. The van der Waals surface area contributed by atoms with E-state index >= 15 is 0 Å². The van der Waals surface area contributed by atoms with Gasteiger partial charge in [-0.25, -0.2) is 4.39 Å². The Morgan fingerprint density at radius 1 is 1.08 bits per heavy atom. The first-order valence-corrected chi connectivity index (χ1v) is 9.22. The lowest BCUT2D eigenvalue weighted by Gasteiger charge is -2.12. The molecule has 0 fully saturated rings. The number of carbonyl (C=O) groups is 1. The summed E-state index contributed by atoms with van der Waals surface area (Å²) in [6.07, 6.45) is 1.59. The molecule has 0 radical (unpaired) electrons. The molecule has 0 saturated carbocycles. The Morgan fingerprint density at radius 3 is 2.60 bits per heavy atom. The van der Waals surface area contributed by atoms with E-state index in [1.807, 2.05) is 18.2 Å². The van der Waals surface area contributed by atoms with Gasteiger partial charge in [0, 0.05) is 16.5 Å². The van der Waals surface area contributed by atoms with Gasteiger partial charge in [0.2, 0.25) is 0 Å². The number of hydrogen-bond donors (Lipinski definition) is 1. The molecular formula is C20H15ClFNOS. The number of fused-ring (bicyclic) bond motifs is 1. The van der Waals surface area contributed by atoms with Crippen molar-refractivity contribution in [1.29, 1.82) is 0 Å². The van der Waals surface area contributed by atoms with Crippen LogP contribution in [-0.2, 0) is 12.8 Å². The van der Waals surface area contributed by atoms with Crippen molar-refractivity contribution in [2.75, 3.05) is 0 Å². The third kappa shape index (κ3) is 3.32. The molecule has 1 atom stereocenters. The van der Waals surface area contributed by atoms with E-state index in [4.69, 9.17) is 11.6 Å². The number of rotatable bonds is 3. The maximum atomic E-state index is 13.0. The highest BCUT2D eigenvalue weighted by molar-refractivity contribution is 7.19. The normalized spacial score (nSPS) is 15.8. The smallest absolute Gasteiger partial charge is 0.251 e. The molecule has 25 heavy (non-hydrogen) atoms. The van der Waals surface area contributed by atoms with Crippen molar-refractivity contribution in [2.45, 2.75) is 18.9 Å². The van der Waals surface area contributed by atoms with Crippen LogP contribution in [0.25, 0.3) is 10.4 Å². The molecule has 0 bridgehead atoms. The minimum Gasteiger partial charge on any atom is -0.349 e. The highest BCUT2D eigenvalue weighted by Crippen LogP contribution is 2.37. The first-order chi connectivity index (χ1) is 12.1. The summed E-state index contributed by atoms with van der Waals surface area (Å²) < 4.78 is 13.8. The molecule has 1 aliphatic carbocycles. The average Bonchev–Trinajstić information content (AvgIpc) is 3.20. The second-order valence-corrected chi connectivity index (χ2v) is 7.85. The quantitative estimate of drug-likeness (QED) is 0.681. The second-order valence-electron chi connectivity index (χ2n) is 6.13. The third-order valence-electron chi connectivity index (χ3n) is 4.47. The van der Waals surface area contributed by atoms with Gasteiger partial charge in [-0.05, 0) is 65.9 Å². The summed E-state index contributed by atoms with van der Waals surface area (Å²) in [5.41, 5.74) is 4.19. The van der Waals surface area contributed by atoms with Gasteiger partial charge < -0.3 is 5.32 Å². The van der Waals surface area contributed by atoms with Crippen LogP contribution >= 0.6 is 22.9 Å². The van der Waals surface area contributed by atoms with E-state index in [-0.39, 0.29) is 17.8 Å². The van der Waals surface area contributed by atoms with Crippen LogP contribution < -0.4 is 5.32 Å². The van der Waals surface area contributed by atoms with Crippen LogP contribution in [0.2, 0.25) is 4.34 Å². The monoisotopic (exact) mass is 371 g/mol. The molecule has 4 rings (SSSR count). The molecular weight excluding hydrogens is 357 g/mol. The predicted octanol–water partition coefficient (Wildman–Crippen LogP) is 5.10. The Morgan fingerprint density at radius 2 is 1.88 bits per heavy atom. The molecule has 1 amide bonds. The number of amides is 1. The van der Waals surface area contributed by atoms with Crippen LogP contribution in [0, 0.1) is 5.82 Å². The number of benzene rings is 2. The number of carbonyl (C=O) groups excluding carboxylic acids is 1. The summed E-state index contributed by atoms with van der Waals surface area (Å²) in [7, 11) is 0. The Bertz CT molecular complexity index is 935. The van der Waals surface area contributed by atoms with Crippen molar-refractivity contribution < 1.29 is 9.18 Å². The molecule has 2 nitrogen and oxygen atoms in total. The molecule has 1 aliphatic rings. The predicted molar refractivity (Wildman–Crippen MR) is 99.8 cm³/mol. The molecule has 1 heterocycles. The van der Waals surface area contributed by atoms with Crippen molar-refractivity contribution >= 4 is 28.8 Å². The molecule has 3 aromatic rings. The minimum absolute atomic E-state index is 0.0455. The van der Waals surface area contributed by atoms with E-state index in [1.54, 1.807) is 11.3 Å². The Kier molecular flexibility index (Phi) is 4.32. The Labute approximate surface area is 154 Å². The zero-order chi connectivity index (χ0) is 17.4. The molecule has 0 saturated heterocycles. The van der Waals surface area contributed by atoms with Gasteiger partial charge in [0.15, 0.2) is 0 Å². The minimum atomic E-state index is -0.343. The van der Waals surface area contributed by atoms with Crippen LogP contribution in [0.3, 0.4) is 0 Å². The molecule has 1 aromatic heterocycles. The van der Waals surface area contributed by atoms with Crippen LogP contribution in [0.15, 0.2) is 54.6 Å². The van der Waals surface area contributed by atoms with Crippen molar-refractivity contribution in [3.63, 3.8) is 0 Å². The van der Waals surface area contributed by atoms with Crippen molar-refractivity contribution in [2.24, 2.45) is 0 Å². The molecule has 1 unspecified atom stereocenters. The van der Waals surface area contributed by atoms with Crippen LogP contribution in [0.5, 0.6) is 0 Å². The van der Waals surface area contributed by atoms with E-state index in [1.165, 1.54) is 41.0 Å². The number of thiophene rings is 1. The topological polar surface area (TPSA) is 29.1 Å². The average molecular weight is 372 g/mol. The highest BCUT2D eigenvalue weighted by Gasteiger charge is 2.26. The lowest BCUT2D eigenvalue weighted by atomic mass is 10.0. The number of halogens is 2. The summed E-state index contributed by atoms with van der Waals surface area (Å²) >= 11 is 7.64. The van der Waals surface area contributed by atoms with Crippen LogP contribution in [0.4, 0.5) is 4.39 Å². The first kappa shape index (κ1) is 16.3. The summed E-state index contributed by atoms with van der Waals surface area (Å²) in [5, 5.41) is 3.06. The number of hydrogen-bond acceptors (Lipinski definition) is 2. The van der Waals surface area contributed by atoms with Gasteiger partial charge in [0.05, 0.1) is 4.34 Å². The fourth-order valence-corrected chi connectivity index (χ4v) is 4.41. The maximum absolute atomic E-state index is 13.0. The van der Waals surface area contributed by atoms with Gasteiger partial charge in [0.1, 0.15) is 5.82 Å². The van der Waals surface area contributed by atoms with Gasteiger partial charge in [0.25, 0.3) is 5.91 Å². The van der Waals surface area contributed by atoms with E-state index in [9.17, 15) is 9.18 Å². The molecule has 0 spiro atoms. The summed E-state index contributed by atoms with van der Waals surface area (Å²) in [4.78, 5) is 13.5. The van der Waals surface area contributed by atoms with E-state index < -0.39 is 0 Å². The van der Waals surface area contributed by atoms with Crippen molar-refractivity contribution in [1.82, 2.24) is 5.32 Å². The van der Waals surface area contributed by atoms with E-state index in [2.05, 4.69) is 17.4 Å². The molecule has 5 heteroatoms. The summed E-state index contributed by atoms with van der Waals surface area (Å²) in [6, 6.07) is 15.9. The SMILES string of the molecule is O=C(NC1Cc2cccc(-c3ccc(Cl)s3)c2C1)c1ccc(F)cc1. The van der Waals surface area contributed by atoms with Gasteiger partial charge in [-0.1, -0.05) is 29.8 Å². The Balaban J connectivity index is 1.53. The zero-order valence-corrected chi connectivity index (χ0v) is 14.8. The first-order valence-electron chi connectivity index (χ1n) is 8.03. The maximum Gasteiger partial charge on any atom is 0.251 e. The molecule has 0 aliphatic heterocycles. The van der Waals surface area contributed by atoms with E-state index in [0.29, 0.717) is 5.56 Å². The number of nitrogens with one attached hydrogen (secondary N) is 1. The molecule has 2 aromatic carbocycles. The largest absolute Gasteiger partial charge is 0.349 e. The standard InChI is InChI=1S/C20H15ClFNOS/c21-19-9-8-18(25-19)16-3-1-2-13-10-15(11-17(13)16)23-20(24)12-4-6-14(22)7-5-12/h1-9,15H,10-11H2,(H,23,24). The fourth-order valence-electron chi connectivity index (χ4n) is 3.31. The Hall–Kier alpha value is -2.17. The van der Waals surface area contributed by atoms with Gasteiger partial charge >= 0.3 is 0 Å². The van der Waals surface area contributed by atoms with Gasteiger partial charge in [-0.15, -0.1) is 11.3 Å². The van der Waals surface area contributed by atoms with Crippen molar-refractivity contribution in [3.05, 3.63) is 81.4 Å². The van der Waals surface area contributed by atoms with Crippen LogP contribution in [-0.4, -0.2) is 11.9 Å². The summed E-state index contributed by atoms with van der Waals surface area (Å²) in [5.74, 6) is -0.511. The third-order valence-corrected chi connectivity index (χ3v) is 5.73. The second kappa shape index (κ2) is 6.62. The van der Waals surface area contributed by atoms with Crippen molar-refractivity contribution in [3.8, 4) is 10.4 Å². The molecule has 1 N–H and O–H groups in total. The molecule has 126 valence electrons. The lowest BCUT2D eigenvalue weighted by molar-refractivity contribution is 0.0938. The highest BCUT2D eigenvalue weighted by atomic mass is 35.5. The summed E-state index contributed by atoms with van der Waals surface area (Å²) in [6.45, 7) is 0. The fraction of sp³-hybridized carbons (Fsp3) is 0.150. The van der Waals surface area contributed by atoms with Gasteiger partial charge in [-0.3, -0.25) is 4.79 Å².